The molecular formula is C34H20F3N7. The van der Waals surface area contributed by atoms with Gasteiger partial charge in [-0.15, -0.1) is 0 Å². The number of hydrogen-bond acceptors (Lipinski definition) is 4. The second kappa shape index (κ2) is 10.1. The number of H-pyrrole nitrogens is 3. The largest absolute Gasteiger partial charge is 0.354 e. The zero-order valence-electron chi connectivity index (χ0n) is 22.7. The number of fused-ring (bicyclic) bond motifs is 9. The van der Waals surface area contributed by atoms with Crippen molar-refractivity contribution >= 4 is 45.3 Å². The van der Waals surface area contributed by atoms with Gasteiger partial charge in [0.1, 0.15) is 0 Å². The third kappa shape index (κ3) is 4.40. The fraction of sp³-hybridized carbons (Fsp3) is 0. The van der Waals surface area contributed by atoms with Crippen molar-refractivity contribution in [3.63, 3.8) is 0 Å². The molecule has 8 bridgehead atoms. The van der Waals surface area contributed by atoms with Crippen LogP contribution in [0.5, 0.6) is 0 Å². The third-order valence-electron chi connectivity index (χ3n) is 7.62. The summed E-state index contributed by atoms with van der Waals surface area (Å²) >= 11 is 0. The Morgan fingerprint density at radius 1 is 0.409 bits per heavy atom. The van der Waals surface area contributed by atoms with Crippen LogP contribution in [-0.4, -0.2) is 34.9 Å². The lowest BCUT2D eigenvalue weighted by Crippen LogP contribution is -1.89. The Morgan fingerprint density at radius 3 is 1.23 bits per heavy atom. The average Bonchev–Trinajstić information content (AvgIpc) is 3.83. The van der Waals surface area contributed by atoms with E-state index >= 15 is 0 Å². The average molecular weight is 584 g/mol. The molecule has 1 aliphatic heterocycles. The molecule has 0 saturated heterocycles. The van der Waals surface area contributed by atoms with E-state index < -0.39 is 17.8 Å². The highest BCUT2D eigenvalue weighted by Crippen LogP contribution is 2.35. The van der Waals surface area contributed by atoms with E-state index in [9.17, 15) is 13.2 Å². The van der Waals surface area contributed by atoms with E-state index in [0.717, 1.165) is 11.0 Å². The number of nitrogens with one attached hydrogen (secondary N) is 3. The molecule has 0 atom stereocenters. The Kier molecular flexibility index (Phi) is 5.86. The Balaban J connectivity index is 1.57. The summed E-state index contributed by atoms with van der Waals surface area (Å²) in [6.07, 6.45) is 8.00. The second-order valence-corrected chi connectivity index (χ2v) is 10.3. The van der Waals surface area contributed by atoms with Crippen molar-refractivity contribution in [1.29, 1.82) is 0 Å². The number of halogens is 3. The number of aromatic nitrogens is 7. The maximum atomic E-state index is 14.5. The first-order chi connectivity index (χ1) is 21.5. The summed E-state index contributed by atoms with van der Waals surface area (Å²) in [5, 5.41) is 0. The summed E-state index contributed by atoms with van der Waals surface area (Å²) in [5.41, 5.74) is 9.28. The first kappa shape index (κ1) is 25.7. The summed E-state index contributed by atoms with van der Waals surface area (Å²) in [5.74, 6) is -1.86. The molecule has 0 spiro atoms. The van der Waals surface area contributed by atoms with Crippen molar-refractivity contribution in [2.75, 3.05) is 0 Å². The van der Waals surface area contributed by atoms with Crippen LogP contribution in [0.3, 0.4) is 0 Å². The highest BCUT2D eigenvalue weighted by molar-refractivity contribution is 6.00. The molecule has 0 aliphatic carbocycles. The smallest absolute Gasteiger partial charge is 0.213 e. The van der Waals surface area contributed by atoms with E-state index in [1.165, 1.54) is 36.8 Å². The Morgan fingerprint density at radius 2 is 0.773 bits per heavy atom. The number of rotatable bonds is 3. The maximum absolute atomic E-state index is 14.5. The molecular weight excluding hydrogens is 563 g/mol. The number of hydrogen-bond donors (Lipinski definition) is 3. The van der Waals surface area contributed by atoms with Gasteiger partial charge in [0, 0.05) is 81.1 Å². The molecule has 10 heteroatoms. The fourth-order valence-corrected chi connectivity index (χ4v) is 5.74. The van der Waals surface area contributed by atoms with Crippen molar-refractivity contribution in [3.05, 3.63) is 121 Å². The SMILES string of the molecule is Fc1cc(-c2c3nc(c4ccc([nH]4)c(-c4ccnc(F)c4)c4ccc([nH]4)c(-c4ccnc(F)c4)c4ccc2[nH]4)C=C3)ccn1. The minimum absolute atomic E-state index is 0.576. The lowest BCUT2D eigenvalue weighted by atomic mass is 10.1. The predicted octanol–water partition coefficient (Wildman–Crippen LogP) is 8.30. The Labute approximate surface area is 247 Å². The molecule has 3 N–H and O–H groups in total. The van der Waals surface area contributed by atoms with Crippen molar-refractivity contribution in [3.8, 4) is 33.4 Å². The standard InChI is InChI=1S/C34H20F3N7/c35-29-15-18(9-12-38-29)32-23-3-1-21(41-23)22-2-4-24(42-22)33(19-10-13-39-30(36)16-19)26-6-8-28(44-26)34(27-7-5-25(32)43-27)20-11-14-40-31(37)17-20/h1-17,41,43-44H. The zero-order valence-corrected chi connectivity index (χ0v) is 22.7. The minimum Gasteiger partial charge on any atom is -0.354 e. The summed E-state index contributed by atoms with van der Waals surface area (Å²) in [7, 11) is 0. The predicted molar refractivity (Wildman–Crippen MR) is 165 cm³/mol. The molecule has 0 aromatic carbocycles. The summed E-state index contributed by atoms with van der Waals surface area (Å²) in [4.78, 5) is 26.5. The van der Waals surface area contributed by atoms with Crippen LogP contribution in [0.4, 0.5) is 13.2 Å². The minimum atomic E-state index is -0.629. The molecule has 8 heterocycles. The quantitative estimate of drug-likeness (QED) is 0.182. The molecule has 0 saturated carbocycles. The lowest BCUT2D eigenvalue weighted by molar-refractivity contribution is 0.584. The van der Waals surface area contributed by atoms with Crippen molar-refractivity contribution < 1.29 is 13.2 Å². The molecule has 0 amide bonds. The number of pyridine rings is 3. The number of aromatic amines is 3. The third-order valence-corrected chi connectivity index (χ3v) is 7.62. The summed E-state index contributed by atoms with van der Waals surface area (Å²) in [6.45, 7) is 0. The first-order valence-electron chi connectivity index (χ1n) is 13.7. The molecule has 0 unspecified atom stereocenters. The molecule has 0 fully saturated rings. The van der Waals surface area contributed by atoms with Gasteiger partial charge in [0.2, 0.25) is 17.8 Å². The van der Waals surface area contributed by atoms with Crippen molar-refractivity contribution in [1.82, 2.24) is 34.9 Å². The van der Waals surface area contributed by atoms with Gasteiger partial charge in [-0.1, -0.05) is 0 Å². The molecule has 44 heavy (non-hydrogen) atoms. The molecule has 7 nitrogen and oxygen atoms in total. The summed E-state index contributed by atoms with van der Waals surface area (Å²) < 4.78 is 43.2. The summed E-state index contributed by atoms with van der Waals surface area (Å²) in [6, 6.07) is 20.7. The van der Waals surface area contributed by atoms with Crippen LogP contribution in [0, 0.1) is 17.8 Å². The van der Waals surface area contributed by atoms with Gasteiger partial charge in [0.25, 0.3) is 0 Å². The van der Waals surface area contributed by atoms with Crippen LogP contribution in [0.1, 0.15) is 11.4 Å². The second-order valence-electron chi connectivity index (χ2n) is 10.3. The van der Waals surface area contributed by atoms with Gasteiger partial charge in [0.05, 0.1) is 16.9 Å². The van der Waals surface area contributed by atoms with Crippen LogP contribution in [0.15, 0.2) is 91.4 Å². The molecule has 7 aromatic heterocycles. The van der Waals surface area contributed by atoms with Crippen LogP contribution in [0.2, 0.25) is 0 Å². The highest BCUT2D eigenvalue weighted by Gasteiger charge is 2.16. The topological polar surface area (TPSA) is 98.9 Å². The zero-order chi connectivity index (χ0) is 29.8. The van der Waals surface area contributed by atoms with Crippen LogP contribution in [0.25, 0.3) is 78.6 Å². The van der Waals surface area contributed by atoms with E-state index in [1.807, 2.05) is 48.6 Å². The van der Waals surface area contributed by atoms with E-state index in [4.69, 9.17) is 4.98 Å². The Bertz CT molecular complexity index is 2400. The highest BCUT2D eigenvalue weighted by atomic mass is 19.1. The van der Waals surface area contributed by atoms with Crippen molar-refractivity contribution in [2.45, 2.75) is 0 Å². The molecule has 212 valence electrons. The van der Waals surface area contributed by atoms with E-state index in [0.29, 0.717) is 66.8 Å². The fourth-order valence-electron chi connectivity index (χ4n) is 5.74. The van der Waals surface area contributed by atoms with E-state index in [1.54, 1.807) is 18.2 Å². The van der Waals surface area contributed by atoms with Crippen LogP contribution >= 0.6 is 0 Å². The van der Waals surface area contributed by atoms with Crippen LogP contribution < -0.4 is 0 Å². The molecule has 7 aromatic rings. The van der Waals surface area contributed by atoms with Gasteiger partial charge in [-0.25, -0.2) is 19.9 Å². The molecule has 1 aliphatic rings. The van der Waals surface area contributed by atoms with Gasteiger partial charge in [-0.2, -0.15) is 13.2 Å². The monoisotopic (exact) mass is 583 g/mol. The maximum Gasteiger partial charge on any atom is 0.213 e. The Hall–Kier alpha value is -6.03. The van der Waals surface area contributed by atoms with Gasteiger partial charge in [-0.05, 0) is 83.4 Å². The van der Waals surface area contributed by atoms with Gasteiger partial charge in [-0.3, -0.25) is 0 Å². The van der Waals surface area contributed by atoms with Crippen LogP contribution in [-0.2, 0) is 0 Å². The van der Waals surface area contributed by atoms with Gasteiger partial charge >= 0.3 is 0 Å². The van der Waals surface area contributed by atoms with E-state index in [2.05, 4.69) is 29.9 Å². The molecule has 8 rings (SSSR count). The van der Waals surface area contributed by atoms with Crippen molar-refractivity contribution in [2.24, 2.45) is 0 Å². The number of nitrogens with zero attached hydrogens (tertiary/aromatic N) is 4. The van der Waals surface area contributed by atoms with Gasteiger partial charge in [0.15, 0.2) is 0 Å². The van der Waals surface area contributed by atoms with E-state index in [-0.39, 0.29) is 0 Å². The first-order valence-corrected chi connectivity index (χ1v) is 13.7. The van der Waals surface area contributed by atoms with Gasteiger partial charge < -0.3 is 15.0 Å². The normalized spacial score (nSPS) is 11.9. The molecule has 0 radical (unpaired) electrons. The lowest BCUT2D eigenvalue weighted by Gasteiger charge is -2.05.